The second kappa shape index (κ2) is 5.98. The van der Waals surface area contributed by atoms with Gasteiger partial charge >= 0.3 is 5.97 Å². The van der Waals surface area contributed by atoms with Crippen molar-refractivity contribution in [2.75, 3.05) is 5.32 Å². The number of carbonyl (C=O) groups is 2. The highest BCUT2D eigenvalue weighted by Gasteiger charge is 2.10. The summed E-state index contributed by atoms with van der Waals surface area (Å²) in [6, 6.07) is 1.73. The van der Waals surface area contributed by atoms with E-state index in [4.69, 9.17) is 4.74 Å². The number of esters is 1. The van der Waals surface area contributed by atoms with E-state index >= 15 is 0 Å². The molecule has 0 aliphatic rings. The third kappa shape index (κ3) is 3.86. The number of amides is 1. The summed E-state index contributed by atoms with van der Waals surface area (Å²) in [5, 5.41) is 2.73. The molecule has 1 aromatic heterocycles. The van der Waals surface area contributed by atoms with Crippen LogP contribution in [0.1, 0.15) is 32.0 Å². The first kappa shape index (κ1) is 13.2. The maximum absolute atomic E-state index is 11.0. The quantitative estimate of drug-likeness (QED) is 0.807. The number of aromatic nitrogens is 1. The molecule has 0 saturated heterocycles. The van der Waals surface area contributed by atoms with Gasteiger partial charge in [-0.25, -0.2) is 0 Å². The van der Waals surface area contributed by atoms with E-state index in [1.807, 2.05) is 6.92 Å². The monoisotopic (exact) mass is 236 g/mol. The lowest BCUT2D eigenvalue weighted by atomic mass is 10.1. The number of nitrogens with one attached hydrogen (secondary N) is 1. The molecule has 0 fully saturated rings. The van der Waals surface area contributed by atoms with Gasteiger partial charge in [0.05, 0.1) is 5.69 Å². The molecule has 1 amide bonds. The van der Waals surface area contributed by atoms with Crippen LogP contribution in [-0.2, 0) is 27.4 Å². The Morgan fingerprint density at radius 3 is 2.65 bits per heavy atom. The van der Waals surface area contributed by atoms with Crippen LogP contribution < -0.4 is 5.32 Å². The average molecular weight is 236 g/mol. The number of nitrogens with zero attached hydrogens (tertiary/aromatic N) is 1. The lowest BCUT2D eigenvalue weighted by molar-refractivity contribution is -0.142. The standard InChI is InChI=1S/C12H16N2O3/c1-4-10-11(14-8(2)15)5-6-13-12(10)7-17-9(3)16/h5-6H,4,7H2,1-3H3,(H,13,14,15). The average Bonchev–Trinajstić information content (AvgIpc) is 2.25. The van der Waals surface area contributed by atoms with E-state index < -0.39 is 0 Å². The van der Waals surface area contributed by atoms with Crippen molar-refractivity contribution in [1.29, 1.82) is 0 Å². The van der Waals surface area contributed by atoms with Crippen molar-refractivity contribution in [3.05, 3.63) is 23.5 Å². The minimum Gasteiger partial charge on any atom is -0.459 e. The molecule has 0 aliphatic carbocycles. The Balaban J connectivity index is 2.96. The summed E-state index contributed by atoms with van der Waals surface area (Å²) in [4.78, 5) is 26.0. The van der Waals surface area contributed by atoms with Crippen LogP contribution >= 0.6 is 0 Å². The van der Waals surface area contributed by atoms with Crippen LogP contribution in [0.4, 0.5) is 5.69 Å². The van der Waals surface area contributed by atoms with Crippen molar-refractivity contribution >= 4 is 17.6 Å². The number of hydrogen-bond donors (Lipinski definition) is 1. The van der Waals surface area contributed by atoms with Crippen LogP contribution in [0.2, 0.25) is 0 Å². The summed E-state index contributed by atoms with van der Waals surface area (Å²) >= 11 is 0. The molecule has 17 heavy (non-hydrogen) atoms. The lowest BCUT2D eigenvalue weighted by Gasteiger charge is -2.12. The predicted octanol–water partition coefficient (Wildman–Crippen LogP) is 1.67. The number of carbonyl (C=O) groups excluding carboxylic acids is 2. The van der Waals surface area contributed by atoms with E-state index in [0.717, 1.165) is 11.3 Å². The third-order valence-electron chi connectivity index (χ3n) is 2.22. The van der Waals surface area contributed by atoms with Gasteiger partial charge in [0.15, 0.2) is 0 Å². The van der Waals surface area contributed by atoms with Crippen molar-refractivity contribution in [2.45, 2.75) is 33.8 Å². The molecular formula is C12H16N2O3. The largest absolute Gasteiger partial charge is 0.459 e. The van der Waals surface area contributed by atoms with Gasteiger partial charge in [-0.3, -0.25) is 14.6 Å². The molecule has 1 heterocycles. The van der Waals surface area contributed by atoms with Gasteiger partial charge in [-0.15, -0.1) is 0 Å². The summed E-state index contributed by atoms with van der Waals surface area (Å²) in [5.74, 6) is -0.483. The normalized spacial score (nSPS) is 9.82. The Morgan fingerprint density at radius 1 is 1.41 bits per heavy atom. The predicted molar refractivity (Wildman–Crippen MR) is 63.4 cm³/mol. The Morgan fingerprint density at radius 2 is 2.12 bits per heavy atom. The van der Waals surface area contributed by atoms with Gasteiger partial charge in [0.2, 0.25) is 5.91 Å². The summed E-state index contributed by atoms with van der Waals surface area (Å²) in [6.07, 6.45) is 2.29. The number of rotatable bonds is 4. The lowest BCUT2D eigenvalue weighted by Crippen LogP contribution is -2.11. The molecule has 0 aromatic carbocycles. The first-order chi connectivity index (χ1) is 8.04. The fourth-order valence-corrected chi connectivity index (χ4v) is 1.53. The Hall–Kier alpha value is -1.91. The fraction of sp³-hybridized carbons (Fsp3) is 0.417. The van der Waals surface area contributed by atoms with Crippen LogP contribution in [0.15, 0.2) is 12.3 Å². The summed E-state index contributed by atoms with van der Waals surface area (Å²) in [6.45, 7) is 4.89. The van der Waals surface area contributed by atoms with Gasteiger partial charge in [0.25, 0.3) is 0 Å². The molecule has 0 unspecified atom stereocenters. The van der Waals surface area contributed by atoms with Crippen molar-refractivity contribution in [2.24, 2.45) is 0 Å². The van der Waals surface area contributed by atoms with Gasteiger partial charge in [-0.1, -0.05) is 6.92 Å². The van der Waals surface area contributed by atoms with Crippen LogP contribution in [0.25, 0.3) is 0 Å². The molecule has 1 N–H and O–H groups in total. The minimum atomic E-state index is -0.348. The van der Waals surface area contributed by atoms with Crippen molar-refractivity contribution in [3.8, 4) is 0 Å². The number of hydrogen-bond acceptors (Lipinski definition) is 4. The van der Waals surface area contributed by atoms with Crippen molar-refractivity contribution < 1.29 is 14.3 Å². The topological polar surface area (TPSA) is 68.3 Å². The van der Waals surface area contributed by atoms with Gasteiger partial charge in [0.1, 0.15) is 6.61 Å². The summed E-state index contributed by atoms with van der Waals surface area (Å²) < 4.78 is 4.92. The zero-order valence-electron chi connectivity index (χ0n) is 10.2. The van der Waals surface area contributed by atoms with E-state index in [1.54, 1.807) is 12.3 Å². The van der Waals surface area contributed by atoms with Crippen molar-refractivity contribution in [3.63, 3.8) is 0 Å². The second-order valence-electron chi connectivity index (χ2n) is 3.60. The zero-order chi connectivity index (χ0) is 12.8. The SMILES string of the molecule is CCc1c(NC(C)=O)ccnc1COC(C)=O. The number of pyridine rings is 1. The molecule has 5 nitrogen and oxygen atoms in total. The summed E-state index contributed by atoms with van der Waals surface area (Å²) in [5.41, 5.74) is 2.29. The molecule has 0 spiro atoms. The highest BCUT2D eigenvalue weighted by atomic mass is 16.5. The molecule has 92 valence electrons. The summed E-state index contributed by atoms with van der Waals surface area (Å²) in [7, 11) is 0. The zero-order valence-corrected chi connectivity index (χ0v) is 10.2. The van der Waals surface area contributed by atoms with Crippen LogP contribution in [0, 0.1) is 0 Å². The number of anilines is 1. The molecule has 0 saturated carbocycles. The van der Waals surface area contributed by atoms with Gasteiger partial charge in [-0.05, 0) is 12.5 Å². The first-order valence-electron chi connectivity index (χ1n) is 5.42. The third-order valence-corrected chi connectivity index (χ3v) is 2.22. The minimum absolute atomic E-state index is 0.131. The van der Waals surface area contributed by atoms with E-state index in [9.17, 15) is 9.59 Å². The van der Waals surface area contributed by atoms with Gasteiger partial charge < -0.3 is 10.1 Å². The van der Waals surface area contributed by atoms with E-state index in [-0.39, 0.29) is 18.5 Å². The maximum atomic E-state index is 11.0. The van der Waals surface area contributed by atoms with Crippen LogP contribution in [0.3, 0.4) is 0 Å². The molecule has 5 heteroatoms. The van der Waals surface area contributed by atoms with Crippen LogP contribution in [-0.4, -0.2) is 16.9 Å². The molecular weight excluding hydrogens is 220 g/mol. The number of ether oxygens (including phenoxy) is 1. The Bertz CT molecular complexity index is 430. The van der Waals surface area contributed by atoms with E-state index in [1.165, 1.54) is 13.8 Å². The molecule has 1 rings (SSSR count). The highest BCUT2D eigenvalue weighted by molar-refractivity contribution is 5.89. The Labute approximate surface area is 100 Å². The molecule has 1 aromatic rings. The maximum Gasteiger partial charge on any atom is 0.303 e. The molecule has 0 radical (unpaired) electrons. The molecule has 0 bridgehead atoms. The second-order valence-corrected chi connectivity index (χ2v) is 3.60. The van der Waals surface area contributed by atoms with E-state index in [0.29, 0.717) is 12.1 Å². The smallest absolute Gasteiger partial charge is 0.303 e. The van der Waals surface area contributed by atoms with Crippen LogP contribution in [0.5, 0.6) is 0 Å². The molecule has 0 atom stereocenters. The van der Waals surface area contributed by atoms with Crippen molar-refractivity contribution in [1.82, 2.24) is 4.98 Å². The van der Waals surface area contributed by atoms with E-state index in [2.05, 4.69) is 10.3 Å². The van der Waals surface area contributed by atoms with Gasteiger partial charge in [0, 0.05) is 31.3 Å². The first-order valence-corrected chi connectivity index (χ1v) is 5.42. The molecule has 0 aliphatic heterocycles. The highest BCUT2D eigenvalue weighted by Crippen LogP contribution is 2.19. The fourth-order valence-electron chi connectivity index (χ4n) is 1.53. The Kier molecular flexibility index (Phi) is 4.63. The van der Waals surface area contributed by atoms with Gasteiger partial charge in [-0.2, -0.15) is 0 Å².